The summed E-state index contributed by atoms with van der Waals surface area (Å²) < 4.78 is 22.9. The zero-order valence-corrected chi connectivity index (χ0v) is 10.2. The molecule has 0 radical (unpaired) electrons. The lowest BCUT2D eigenvalue weighted by atomic mass is 10.2. The largest absolute Gasteiger partial charge is 0.382 e. The van der Waals surface area contributed by atoms with Crippen LogP contribution in [0.4, 0.5) is 15.8 Å². The normalized spacial score (nSPS) is 12.2. The van der Waals surface area contributed by atoms with E-state index in [1.807, 2.05) is 0 Å². The molecule has 6 nitrogen and oxygen atoms in total. The number of nitro benzene ring substituents is 1. The van der Waals surface area contributed by atoms with Gasteiger partial charge in [-0.25, -0.2) is 4.39 Å². The van der Waals surface area contributed by atoms with Crippen molar-refractivity contribution < 1.29 is 18.8 Å². The molecule has 0 aliphatic heterocycles. The van der Waals surface area contributed by atoms with Gasteiger partial charge < -0.3 is 14.8 Å². The van der Waals surface area contributed by atoms with Crippen molar-refractivity contribution in [2.75, 3.05) is 32.7 Å². The Bertz CT molecular complexity index is 414. The van der Waals surface area contributed by atoms with Gasteiger partial charge in [-0.05, 0) is 12.1 Å². The minimum Gasteiger partial charge on any atom is -0.382 e. The van der Waals surface area contributed by atoms with Crippen LogP contribution in [0.25, 0.3) is 0 Å². The van der Waals surface area contributed by atoms with Crippen LogP contribution in [0.1, 0.15) is 0 Å². The number of anilines is 1. The average Bonchev–Trinajstić information content (AvgIpc) is 2.35. The van der Waals surface area contributed by atoms with Crippen LogP contribution in [0.15, 0.2) is 18.2 Å². The third-order valence-electron chi connectivity index (χ3n) is 2.36. The molecule has 1 atom stereocenters. The van der Waals surface area contributed by atoms with Gasteiger partial charge in [-0.3, -0.25) is 10.1 Å². The van der Waals surface area contributed by atoms with E-state index in [9.17, 15) is 14.5 Å². The maximum absolute atomic E-state index is 12.9. The Morgan fingerprint density at radius 1 is 1.50 bits per heavy atom. The number of nitrogens with one attached hydrogen (secondary N) is 1. The topological polar surface area (TPSA) is 73.6 Å². The highest BCUT2D eigenvalue weighted by Gasteiger charge is 2.16. The maximum atomic E-state index is 12.9. The van der Waals surface area contributed by atoms with Gasteiger partial charge in [0.15, 0.2) is 0 Å². The summed E-state index contributed by atoms with van der Waals surface area (Å²) in [5.41, 5.74) is -0.0539. The van der Waals surface area contributed by atoms with Gasteiger partial charge in [-0.1, -0.05) is 0 Å². The van der Waals surface area contributed by atoms with Gasteiger partial charge in [0.05, 0.1) is 23.7 Å². The molecule has 1 aromatic carbocycles. The lowest BCUT2D eigenvalue weighted by Crippen LogP contribution is -2.26. The lowest BCUT2D eigenvalue weighted by Gasteiger charge is -2.15. The molecule has 0 bridgehead atoms. The number of halogens is 1. The van der Waals surface area contributed by atoms with Crippen molar-refractivity contribution in [3.8, 4) is 0 Å². The molecule has 0 aliphatic carbocycles. The van der Waals surface area contributed by atoms with E-state index < -0.39 is 10.7 Å². The highest BCUT2D eigenvalue weighted by Crippen LogP contribution is 2.24. The summed E-state index contributed by atoms with van der Waals surface area (Å²) in [7, 11) is 3.05. The van der Waals surface area contributed by atoms with Gasteiger partial charge >= 0.3 is 0 Å². The molecule has 1 unspecified atom stereocenters. The molecule has 7 heteroatoms. The summed E-state index contributed by atoms with van der Waals surface area (Å²) >= 11 is 0. The van der Waals surface area contributed by atoms with E-state index in [0.29, 0.717) is 13.2 Å². The molecule has 1 N–H and O–H groups in total. The van der Waals surface area contributed by atoms with Crippen molar-refractivity contribution in [2.45, 2.75) is 6.10 Å². The van der Waals surface area contributed by atoms with Gasteiger partial charge in [0, 0.05) is 20.8 Å². The summed E-state index contributed by atoms with van der Waals surface area (Å²) in [4.78, 5) is 10.1. The zero-order chi connectivity index (χ0) is 13.5. The van der Waals surface area contributed by atoms with Crippen LogP contribution >= 0.6 is 0 Å². The van der Waals surface area contributed by atoms with E-state index in [0.717, 1.165) is 12.1 Å². The monoisotopic (exact) mass is 258 g/mol. The summed E-state index contributed by atoms with van der Waals surface area (Å²) in [5.74, 6) is -0.646. The third-order valence-corrected chi connectivity index (χ3v) is 2.36. The van der Waals surface area contributed by atoms with Gasteiger partial charge in [0.2, 0.25) is 0 Å². The molecule has 0 spiro atoms. The van der Waals surface area contributed by atoms with E-state index in [-0.39, 0.29) is 17.5 Å². The quantitative estimate of drug-likeness (QED) is 0.596. The van der Waals surface area contributed by atoms with Crippen molar-refractivity contribution in [1.29, 1.82) is 0 Å². The first kappa shape index (κ1) is 14.3. The number of hydrogen-bond acceptors (Lipinski definition) is 5. The van der Waals surface area contributed by atoms with Crippen molar-refractivity contribution in [2.24, 2.45) is 0 Å². The second-order valence-electron chi connectivity index (χ2n) is 3.61. The Kier molecular flexibility index (Phi) is 5.47. The first-order valence-corrected chi connectivity index (χ1v) is 5.28. The minimum absolute atomic E-state index is 0.236. The van der Waals surface area contributed by atoms with E-state index in [1.54, 1.807) is 0 Å². The van der Waals surface area contributed by atoms with E-state index in [1.165, 1.54) is 20.3 Å². The molecule has 0 saturated heterocycles. The summed E-state index contributed by atoms with van der Waals surface area (Å²) in [6.07, 6.45) is -0.236. The van der Waals surface area contributed by atoms with Crippen molar-refractivity contribution in [3.63, 3.8) is 0 Å². The molecule has 0 amide bonds. The van der Waals surface area contributed by atoms with Gasteiger partial charge in [0.25, 0.3) is 5.69 Å². The van der Waals surface area contributed by atoms with Crippen LogP contribution in [0.2, 0.25) is 0 Å². The van der Waals surface area contributed by atoms with E-state index >= 15 is 0 Å². The highest BCUT2D eigenvalue weighted by molar-refractivity contribution is 5.61. The van der Waals surface area contributed by atoms with Crippen LogP contribution in [-0.4, -0.2) is 38.4 Å². The zero-order valence-electron chi connectivity index (χ0n) is 10.2. The molecule has 1 aromatic rings. The number of rotatable bonds is 7. The average molecular weight is 258 g/mol. The van der Waals surface area contributed by atoms with Crippen LogP contribution in [-0.2, 0) is 9.47 Å². The maximum Gasteiger partial charge on any atom is 0.295 e. The second kappa shape index (κ2) is 6.87. The molecule has 0 saturated carbocycles. The Balaban J connectivity index is 2.74. The summed E-state index contributed by atoms with van der Waals surface area (Å²) in [5, 5.41) is 13.6. The van der Waals surface area contributed by atoms with Crippen molar-refractivity contribution in [3.05, 3.63) is 34.1 Å². The number of methoxy groups -OCH3 is 2. The number of ether oxygens (including phenoxy) is 2. The smallest absolute Gasteiger partial charge is 0.295 e. The summed E-state index contributed by atoms with van der Waals surface area (Å²) in [6.45, 7) is 0.690. The number of hydrogen-bond donors (Lipinski definition) is 1. The van der Waals surface area contributed by atoms with E-state index in [4.69, 9.17) is 9.47 Å². The Morgan fingerprint density at radius 2 is 2.22 bits per heavy atom. The molecule has 1 rings (SSSR count). The fourth-order valence-electron chi connectivity index (χ4n) is 1.43. The molecule has 0 aromatic heterocycles. The van der Waals surface area contributed by atoms with Crippen LogP contribution in [0.3, 0.4) is 0 Å². The van der Waals surface area contributed by atoms with Gasteiger partial charge in [-0.2, -0.15) is 0 Å². The predicted octanol–water partition coefficient (Wildman–Crippen LogP) is 1.81. The van der Waals surface area contributed by atoms with Crippen molar-refractivity contribution in [1.82, 2.24) is 0 Å². The number of nitrogens with zero attached hydrogens (tertiary/aromatic N) is 1. The van der Waals surface area contributed by atoms with Crippen LogP contribution < -0.4 is 5.32 Å². The molecule has 0 fully saturated rings. The highest BCUT2D eigenvalue weighted by atomic mass is 19.1. The van der Waals surface area contributed by atoms with Crippen LogP contribution in [0, 0.1) is 15.9 Å². The fourth-order valence-corrected chi connectivity index (χ4v) is 1.43. The van der Waals surface area contributed by atoms with Crippen LogP contribution in [0.5, 0.6) is 0 Å². The third kappa shape index (κ3) is 3.94. The van der Waals surface area contributed by atoms with Gasteiger partial charge in [-0.15, -0.1) is 0 Å². The first-order chi connectivity index (χ1) is 8.58. The molecule has 100 valence electrons. The van der Waals surface area contributed by atoms with Crippen molar-refractivity contribution >= 4 is 11.4 Å². The Labute approximate surface area is 104 Å². The molecular formula is C11H15FN2O4. The lowest BCUT2D eigenvalue weighted by molar-refractivity contribution is -0.384. The predicted molar refractivity (Wildman–Crippen MR) is 64.2 cm³/mol. The van der Waals surface area contributed by atoms with Gasteiger partial charge in [0.1, 0.15) is 11.5 Å². The standard InChI is InChI=1S/C11H15FN2O4/c1-17-7-9(18-2)6-13-10-4-3-8(12)5-11(10)14(15)16/h3-5,9,13H,6-7H2,1-2H3. The minimum atomic E-state index is -0.646. The molecule has 0 heterocycles. The SMILES string of the molecule is COCC(CNc1ccc(F)cc1[N+](=O)[O-])OC. The molecule has 0 aliphatic rings. The molecular weight excluding hydrogens is 243 g/mol. The fraction of sp³-hybridized carbons (Fsp3) is 0.455. The first-order valence-electron chi connectivity index (χ1n) is 5.28. The molecule has 18 heavy (non-hydrogen) atoms. The second-order valence-corrected chi connectivity index (χ2v) is 3.61. The Morgan fingerprint density at radius 3 is 2.78 bits per heavy atom. The number of benzene rings is 1. The summed E-state index contributed by atoms with van der Waals surface area (Å²) in [6, 6.07) is 3.36. The van der Waals surface area contributed by atoms with E-state index in [2.05, 4.69) is 5.32 Å². The number of nitro groups is 1. The Hall–Kier alpha value is -1.73.